The molecule has 0 aliphatic heterocycles. The van der Waals surface area contributed by atoms with Crippen molar-refractivity contribution in [2.45, 2.75) is 26.2 Å². The Labute approximate surface area is 408 Å². The lowest BCUT2D eigenvalue weighted by Gasteiger charge is -2.17. The monoisotopic (exact) mass is 956 g/mol. The van der Waals surface area contributed by atoms with Crippen LogP contribution >= 0.6 is 0 Å². The van der Waals surface area contributed by atoms with Crippen molar-refractivity contribution in [3.05, 3.63) is 216 Å². The second kappa shape index (κ2) is 16.9. The minimum atomic E-state index is -4.63. The lowest BCUT2D eigenvalue weighted by molar-refractivity contribution is -0.138. The summed E-state index contributed by atoms with van der Waals surface area (Å²) in [6.07, 6.45) is -9.16. The Kier molecular flexibility index (Phi) is 10.4. The van der Waals surface area contributed by atoms with Gasteiger partial charge in [-0.05, 0) is 126 Å². The van der Waals surface area contributed by atoms with Crippen LogP contribution in [-0.2, 0) is 12.4 Å². The van der Waals surface area contributed by atoms with E-state index < -0.39 is 23.5 Å². The van der Waals surface area contributed by atoms with E-state index in [2.05, 4.69) is 0 Å². The minimum absolute atomic E-state index is 0.0178. The number of furan rings is 1. The Bertz CT molecular complexity index is 4040. The van der Waals surface area contributed by atoms with Gasteiger partial charge in [0.25, 0.3) is 0 Å². The van der Waals surface area contributed by atoms with Crippen LogP contribution in [0.2, 0.25) is 0 Å². The van der Waals surface area contributed by atoms with Gasteiger partial charge in [0, 0.05) is 38.2 Å². The van der Waals surface area contributed by atoms with Gasteiger partial charge in [0.1, 0.15) is 11.2 Å². The average Bonchev–Trinajstić information content (AvgIpc) is 3.93. The molecule has 3 heterocycles. The van der Waals surface area contributed by atoms with E-state index in [1.807, 2.05) is 150 Å². The third kappa shape index (κ3) is 7.83. The fraction of sp³-hybridized carbons (Fsp3) is 0.0656. The van der Waals surface area contributed by atoms with Gasteiger partial charge in [0.15, 0.2) is 17.5 Å². The van der Waals surface area contributed by atoms with Crippen LogP contribution in [0.4, 0.5) is 26.3 Å². The van der Waals surface area contributed by atoms with E-state index in [0.717, 1.165) is 62.4 Å². The molecule has 72 heavy (non-hydrogen) atoms. The van der Waals surface area contributed by atoms with Crippen LogP contribution in [0.3, 0.4) is 0 Å². The van der Waals surface area contributed by atoms with E-state index in [9.17, 15) is 26.3 Å². The van der Waals surface area contributed by atoms with Crippen molar-refractivity contribution >= 4 is 43.7 Å². The SMILES string of the molecule is Cc1ccc(-c2ccc3c(c2)c2cc(-c4ccc(C(F)(F)F)cc4C)ccc2n3-c2ccc(-c3ccc4c(c3)oc3ccccc34)cc2-c2nc(-c3ccccc3)nc(-c3ccccc3)n2)c(C(F)(F)F)c1. The number of nitrogens with zero attached hydrogens (tertiary/aromatic N) is 4. The Balaban J connectivity index is 1.14. The molecule has 0 aliphatic rings. The van der Waals surface area contributed by atoms with Gasteiger partial charge in [0.05, 0.1) is 27.8 Å². The van der Waals surface area contributed by atoms with Gasteiger partial charge in [-0.25, -0.2) is 15.0 Å². The maximum absolute atomic E-state index is 14.8. The molecule has 11 heteroatoms. The summed E-state index contributed by atoms with van der Waals surface area (Å²) < 4.78 is 94.2. The minimum Gasteiger partial charge on any atom is -0.456 e. The van der Waals surface area contributed by atoms with Gasteiger partial charge in [-0.2, -0.15) is 26.3 Å². The highest BCUT2D eigenvalue weighted by atomic mass is 19.4. The lowest BCUT2D eigenvalue weighted by Crippen LogP contribution is -2.07. The summed E-state index contributed by atoms with van der Waals surface area (Å²) >= 11 is 0. The first-order valence-corrected chi connectivity index (χ1v) is 23.1. The number of alkyl halides is 6. The highest BCUT2D eigenvalue weighted by Gasteiger charge is 2.34. The average molecular weight is 957 g/mol. The fourth-order valence-electron chi connectivity index (χ4n) is 9.85. The van der Waals surface area contributed by atoms with Gasteiger partial charge < -0.3 is 8.98 Å². The number of aryl methyl sites for hydroxylation is 2. The molecule has 3 aromatic heterocycles. The van der Waals surface area contributed by atoms with E-state index in [-0.39, 0.29) is 5.56 Å². The van der Waals surface area contributed by atoms with Gasteiger partial charge in [0.2, 0.25) is 0 Å². The molecule has 0 bridgehead atoms. The summed E-state index contributed by atoms with van der Waals surface area (Å²) in [5, 5.41) is 3.27. The third-order valence-electron chi connectivity index (χ3n) is 13.3. The molecule has 0 spiro atoms. The molecule has 5 nitrogen and oxygen atoms in total. The number of rotatable bonds is 7. The molecule has 0 aliphatic carbocycles. The van der Waals surface area contributed by atoms with Crippen molar-refractivity contribution in [2.24, 2.45) is 0 Å². The smallest absolute Gasteiger partial charge is 0.417 e. The standard InChI is InChI=1S/C61H38F6N4O/c1-35-17-23-45(51(29-35)61(65,66)67)42-21-28-53-49(33-42)48-32-41(44-25-22-43(30-36(44)2)60(62,63)64)20-27-52(48)71(53)54-26-19-39(40-18-24-47-46-15-9-10-16-55(46)72-56(47)34-40)31-50(54)59-69-57(37-11-5-3-6-12-37)68-58(70-59)38-13-7-4-8-14-38/h3-34H,1-2H3. The van der Waals surface area contributed by atoms with E-state index in [1.54, 1.807) is 32.0 Å². The van der Waals surface area contributed by atoms with Crippen LogP contribution in [0.1, 0.15) is 22.3 Å². The Morgan fingerprint density at radius 1 is 0.389 bits per heavy atom. The first-order valence-electron chi connectivity index (χ1n) is 23.1. The molecule has 0 saturated heterocycles. The summed E-state index contributed by atoms with van der Waals surface area (Å²) in [4.78, 5) is 15.3. The number of benzene rings is 9. The molecule has 0 saturated carbocycles. The lowest BCUT2D eigenvalue weighted by atomic mass is 9.95. The van der Waals surface area contributed by atoms with Crippen LogP contribution in [0.25, 0.3) is 117 Å². The maximum Gasteiger partial charge on any atom is 0.417 e. The summed E-state index contributed by atoms with van der Waals surface area (Å²) in [7, 11) is 0. The molecule has 0 fully saturated rings. The highest BCUT2D eigenvalue weighted by molar-refractivity contribution is 6.12. The van der Waals surface area contributed by atoms with Crippen molar-refractivity contribution in [1.29, 1.82) is 0 Å². The number of hydrogen-bond donors (Lipinski definition) is 0. The molecule has 12 aromatic rings. The predicted octanol–water partition coefficient (Wildman–Crippen LogP) is 17.5. The quantitative estimate of drug-likeness (QED) is 0.149. The molecule has 0 amide bonds. The molecule has 12 rings (SSSR count). The molecule has 0 atom stereocenters. The fourth-order valence-corrected chi connectivity index (χ4v) is 9.85. The first kappa shape index (κ1) is 44.4. The largest absolute Gasteiger partial charge is 0.456 e. The number of hydrogen-bond acceptors (Lipinski definition) is 4. The summed E-state index contributed by atoms with van der Waals surface area (Å²) in [5.41, 5.74) is 8.33. The zero-order valence-corrected chi connectivity index (χ0v) is 38.4. The Morgan fingerprint density at radius 3 is 1.58 bits per heavy atom. The third-order valence-corrected chi connectivity index (χ3v) is 13.3. The van der Waals surface area contributed by atoms with E-state index in [1.165, 1.54) is 12.1 Å². The van der Waals surface area contributed by atoms with Gasteiger partial charge in [-0.1, -0.05) is 127 Å². The van der Waals surface area contributed by atoms with Crippen LogP contribution in [-0.4, -0.2) is 19.5 Å². The van der Waals surface area contributed by atoms with Gasteiger partial charge in [-0.3, -0.25) is 0 Å². The normalized spacial score (nSPS) is 12.2. The second-order valence-corrected chi connectivity index (χ2v) is 18.0. The van der Waals surface area contributed by atoms with Crippen LogP contribution < -0.4 is 0 Å². The van der Waals surface area contributed by atoms with Crippen LogP contribution in [0, 0.1) is 13.8 Å². The van der Waals surface area contributed by atoms with E-state index in [0.29, 0.717) is 78.3 Å². The molecule has 0 N–H and O–H groups in total. The molecular weight excluding hydrogens is 919 g/mol. The first-order chi connectivity index (χ1) is 34.7. The molecule has 350 valence electrons. The second-order valence-electron chi connectivity index (χ2n) is 18.0. The molecule has 0 radical (unpaired) electrons. The number of halogens is 6. The highest BCUT2D eigenvalue weighted by Crippen LogP contribution is 2.44. The molecule has 9 aromatic carbocycles. The van der Waals surface area contributed by atoms with Crippen molar-refractivity contribution in [3.8, 4) is 73.2 Å². The molecule has 0 unspecified atom stereocenters. The predicted molar refractivity (Wildman–Crippen MR) is 274 cm³/mol. The summed E-state index contributed by atoms with van der Waals surface area (Å²) in [6, 6.07) is 58.2. The van der Waals surface area contributed by atoms with Crippen LogP contribution in [0.5, 0.6) is 0 Å². The van der Waals surface area contributed by atoms with Crippen LogP contribution in [0.15, 0.2) is 199 Å². The van der Waals surface area contributed by atoms with Crippen molar-refractivity contribution in [2.75, 3.05) is 0 Å². The number of fused-ring (bicyclic) bond motifs is 6. The van der Waals surface area contributed by atoms with Gasteiger partial charge in [-0.15, -0.1) is 0 Å². The zero-order valence-electron chi connectivity index (χ0n) is 38.4. The Morgan fingerprint density at radius 2 is 0.944 bits per heavy atom. The van der Waals surface area contributed by atoms with E-state index >= 15 is 0 Å². The van der Waals surface area contributed by atoms with Crippen molar-refractivity contribution < 1.29 is 30.8 Å². The maximum atomic E-state index is 14.8. The van der Waals surface area contributed by atoms with Crippen molar-refractivity contribution in [3.63, 3.8) is 0 Å². The number of aromatic nitrogens is 4. The number of para-hydroxylation sites is 1. The summed E-state index contributed by atoms with van der Waals surface area (Å²) in [5.74, 6) is 1.26. The molecular formula is C61H38F6N4O. The van der Waals surface area contributed by atoms with Gasteiger partial charge >= 0.3 is 12.4 Å². The van der Waals surface area contributed by atoms with E-state index in [4.69, 9.17) is 19.4 Å². The Hall–Kier alpha value is -8.83. The topological polar surface area (TPSA) is 56.7 Å². The van der Waals surface area contributed by atoms with Crippen molar-refractivity contribution in [1.82, 2.24) is 19.5 Å². The summed E-state index contributed by atoms with van der Waals surface area (Å²) in [6.45, 7) is 3.26. The zero-order chi connectivity index (χ0) is 49.5.